The summed E-state index contributed by atoms with van der Waals surface area (Å²) in [6.07, 6.45) is 1.02. The first-order valence-corrected chi connectivity index (χ1v) is 8.46. The average Bonchev–Trinajstić information content (AvgIpc) is 3.01. The minimum Gasteiger partial charge on any atom is -0.341 e. The Morgan fingerprint density at radius 1 is 1.12 bits per heavy atom. The molecule has 0 aliphatic carbocycles. The van der Waals surface area contributed by atoms with Crippen molar-refractivity contribution in [3.05, 3.63) is 32.1 Å². The van der Waals surface area contributed by atoms with E-state index in [0.717, 1.165) is 45.7 Å². The molecule has 3 heterocycles. The van der Waals surface area contributed by atoms with Gasteiger partial charge < -0.3 is 14.8 Å². The van der Waals surface area contributed by atoms with Crippen molar-refractivity contribution in [1.82, 2.24) is 24.7 Å². The monoisotopic (exact) mass is 335 g/mol. The molecule has 0 spiro atoms. The van der Waals surface area contributed by atoms with E-state index in [1.165, 1.54) is 0 Å². The second-order valence-electron chi connectivity index (χ2n) is 6.81. The molecule has 1 amide bonds. The van der Waals surface area contributed by atoms with E-state index < -0.39 is 11.2 Å². The van der Waals surface area contributed by atoms with E-state index in [-0.39, 0.29) is 12.3 Å². The molecule has 0 aromatic carbocycles. The Labute approximate surface area is 140 Å². The molecule has 1 unspecified atom stereocenters. The lowest BCUT2D eigenvalue weighted by Gasteiger charge is -2.36. The van der Waals surface area contributed by atoms with Crippen LogP contribution in [0.1, 0.15) is 17.7 Å². The third kappa shape index (κ3) is 3.59. The molecule has 2 saturated heterocycles. The first kappa shape index (κ1) is 16.9. The highest BCUT2D eigenvalue weighted by Crippen LogP contribution is 2.18. The van der Waals surface area contributed by atoms with Gasteiger partial charge in [0.15, 0.2) is 0 Å². The van der Waals surface area contributed by atoms with E-state index >= 15 is 0 Å². The molecule has 1 atom stereocenters. The van der Waals surface area contributed by atoms with Gasteiger partial charge in [0.2, 0.25) is 5.91 Å². The van der Waals surface area contributed by atoms with Gasteiger partial charge in [-0.3, -0.25) is 19.5 Å². The molecular formula is C16H25N5O3. The predicted octanol–water partition coefficient (Wildman–Crippen LogP) is -1.24. The van der Waals surface area contributed by atoms with E-state index in [0.29, 0.717) is 17.3 Å². The lowest BCUT2D eigenvalue weighted by Crippen LogP contribution is -2.50. The van der Waals surface area contributed by atoms with Crippen molar-refractivity contribution in [3.8, 4) is 0 Å². The number of nitrogens with zero attached hydrogens (tertiary/aromatic N) is 3. The Kier molecular flexibility index (Phi) is 4.86. The molecule has 0 saturated carbocycles. The van der Waals surface area contributed by atoms with Crippen molar-refractivity contribution in [2.45, 2.75) is 25.8 Å². The Bertz CT molecular complexity index is 717. The Morgan fingerprint density at radius 2 is 1.83 bits per heavy atom. The Hall–Kier alpha value is -1.93. The van der Waals surface area contributed by atoms with Gasteiger partial charge in [-0.15, -0.1) is 0 Å². The number of rotatable bonds is 3. The van der Waals surface area contributed by atoms with Crippen LogP contribution in [-0.2, 0) is 11.2 Å². The summed E-state index contributed by atoms with van der Waals surface area (Å²) < 4.78 is 0. The largest absolute Gasteiger partial charge is 0.341 e. The number of likely N-dealkylation sites (tertiary alicyclic amines) is 1. The van der Waals surface area contributed by atoms with Crippen LogP contribution in [0.4, 0.5) is 0 Å². The average molecular weight is 335 g/mol. The van der Waals surface area contributed by atoms with Gasteiger partial charge >= 0.3 is 5.69 Å². The molecule has 8 nitrogen and oxygen atoms in total. The summed E-state index contributed by atoms with van der Waals surface area (Å²) in [7, 11) is 2.13. The number of amides is 1. The molecular weight excluding hydrogens is 310 g/mol. The summed E-state index contributed by atoms with van der Waals surface area (Å²) >= 11 is 0. The molecule has 132 valence electrons. The zero-order valence-electron chi connectivity index (χ0n) is 14.3. The number of H-pyrrole nitrogens is 2. The van der Waals surface area contributed by atoms with E-state index in [1.54, 1.807) is 6.92 Å². The first-order valence-electron chi connectivity index (χ1n) is 8.46. The van der Waals surface area contributed by atoms with Crippen molar-refractivity contribution in [1.29, 1.82) is 0 Å². The van der Waals surface area contributed by atoms with Gasteiger partial charge in [-0.1, -0.05) is 0 Å². The zero-order chi connectivity index (χ0) is 17.3. The quantitative estimate of drug-likeness (QED) is 0.721. The number of aromatic nitrogens is 2. The normalized spacial score (nSPS) is 22.9. The third-order valence-corrected chi connectivity index (χ3v) is 5.15. The van der Waals surface area contributed by atoms with E-state index in [2.05, 4.69) is 26.8 Å². The maximum Gasteiger partial charge on any atom is 0.325 e. The van der Waals surface area contributed by atoms with Crippen molar-refractivity contribution < 1.29 is 4.79 Å². The molecule has 2 aliphatic heterocycles. The molecule has 24 heavy (non-hydrogen) atoms. The van der Waals surface area contributed by atoms with Gasteiger partial charge in [0.25, 0.3) is 5.56 Å². The molecule has 8 heteroatoms. The van der Waals surface area contributed by atoms with Crippen LogP contribution in [0.5, 0.6) is 0 Å². The van der Waals surface area contributed by atoms with E-state index in [9.17, 15) is 14.4 Å². The molecule has 0 radical (unpaired) electrons. The van der Waals surface area contributed by atoms with Gasteiger partial charge in [0.1, 0.15) is 0 Å². The summed E-state index contributed by atoms with van der Waals surface area (Å²) in [6, 6.07) is 0.414. The molecule has 3 rings (SSSR count). The topological polar surface area (TPSA) is 92.5 Å². The SMILES string of the molecule is Cc1[nH]c(=O)[nH]c(=O)c1CC(=O)N1CCC(N2CCN(C)CC2)C1. The van der Waals surface area contributed by atoms with Crippen LogP contribution in [0.2, 0.25) is 0 Å². The summed E-state index contributed by atoms with van der Waals surface area (Å²) in [5.41, 5.74) is -0.195. The second-order valence-corrected chi connectivity index (χ2v) is 6.81. The molecule has 0 bridgehead atoms. The molecule has 2 N–H and O–H groups in total. The maximum absolute atomic E-state index is 12.5. The number of aryl methyl sites for hydroxylation is 1. The Balaban J connectivity index is 1.61. The van der Waals surface area contributed by atoms with Crippen LogP contribution in [0.15, 0.2) is 9.59 Å². The van der Waals surface area contributed by atoms with Crippen LogP contribution in [0, 0.1) is 6.92 Å². The number of carbonyl (C=O) groups is 1. The van der Waals surface area contributed by atoms with Crippen molar-refractivity contribution in [2.24, 2.45) is 0 Å². The van der Waals surface area contributed by atoms with E-state index in [1.807, 2.05) is 4.90 Å². The highest BCUT2D eigenvalue weighted by atomic mass is 16.2. The summed E-state index contributed by atoms with van der Waals surface area (Å²) in [5, 5.41) is 0. The van der Waals surface area contributed by atoms with Crippen molar-refractivity contribution in [2.75, 3.05) is 46.3 Å². The number of hydrogen-bond acceptors (Lipinski definition) is 5. The number of aromatic amines is 2. The van der Waals surface area contributed by atoms with Gasteiger partial charge in [0, 0.05) is 56.6 Å². The Morgan fingerprint density at radius 3 is 2.50 bits per heavy atom. The van der Waals surface area contributed by atoms with Crippen LogP contribution >= 0.6 is 0 Å². The van der Waals surface area contributed by atoms with Crippen LogP contribution in [-0.4, -0.2) is 82.9 Å². The standard InChI is InChI=1S/C16H25N5O3/c1-11-13(15(23)18-16(24)17-11)9-14(22)21-4-3-12(10-21)20-7-5-19(2)6-8-20/h12H,3-10H2,1-2H3,(H2,17,18,23,24). The van der Waals surface area contributed by atoms with Crippen LogP contribution in [0.3, 0.4) is 0 Å². The van der Waals surface area contributed by atoms with Gasteiger partial charge in [-0.2, -0.15) is 0 Å². The fourth-order valence-electron chi connectivity index (χ4n) is 3.56. The van der Waals surface area contributed by atoms with Crippen LogP contribution in [0.25, 0.3) is 0 Å². The lowest BCUT2D eigenvalue weighted by molar-refractivity contribution is -0.129. The maximum atomic E-state index is 12.5. The summed E-state index contributed by atoms with van der Waals surface area (Å²) in [4.78, 5) is 47.0. The number of nitrogens with one attached hydrogen (secondary N) is 2. The molecule has 1 aromatic rings. The minimum absolute atomic E-state index is 0.0351. The summed E-state index contributed by atoms with van der Waals surface area (Å²) in [5.74, 6) is -0.0488. The number of likely N-dealkylation sites (N-methyl/N-ethyl adjacent to an activating group) is 1. The van der Waals surface area contributed by atoms with Crippen LogP contribution < -0.4 is 11.2 Å². The number of carbonyl (C=O) groups excluding carboxylic acids is 1. The molecule has 2 fully saturated rings. The fourth-order valence-corrected chi connectivity index (χ4v) is 3.56. The highest BCUT2D eigenvalue weighted by Gasteiger charge is 2.31. The van der Waals surface area contributed by atoms with Gasteiger partial charge in [0.05, 0.1) is 6.42 Å². The van der Waals surface area contributed by atoms with Gasteiger partial charge in [-0.05, 0) is 20.4 Å². The van der Waals surface area contributed by atoms with Crippen molar-refractivity contribution in [3.63, 3.8) is 0 Å². The minimum atomic E-state index is -0.537. The van der Waals surface area contributed by atoms with Gasteiger partial charge in [-0.25, -0.2) is 4.79 Å². The summed E-state index contributed by atoms with van der Waals surface area (Å²) in [6.45, 7) is 7.33. The van der Waals surface area contributed by atoms with E-state index in [4.69, 9.17) is 0 Å². The molecule has 2 aliphatic rings. The predicted molar refractivity (Wildman–Crippen MR) is 90.2 cm³/mol. The lowest BCUT2D eigenvalue weighted by atomic mass is 10.1. The van der Waals surface area contributed by atoms with Crippen molar-refractivity contribution >= 4 is 5.91 Å². The fraction of sp³-hybridized carbons (Fsp3) is 0.688. The first-order chi connectivity index (χ1) is 11.4. The second kappa shape index (κ2) is 6.90. The zero-order valence-corrected chi connectivity index (χ0v) is 14.3. The highest BCUT2D eigenvalue weighted by molar-refractivity contribution is 5.79. The third-order valence-electron chi connectivity index (χ3n) is 5.15. The molecule has 1 aromatic heterocycles. The smallest absolute Gasteiger partial charge is 0.325 e. The number of hydrogen-bond donors (Lipinski definition) is 2. The number of piperazine rings is 1.